The Morgan fingerprint density at radius 2 is 1.72 bits per heavy atom. The van der Waals surface area contributed by atoms with Crippen LogP contribution in [0, 0.1) is 0 Å². The van der Waals surface area contributed by atoms with Gasteiger partial charge in [0.25, 0.3) is 0 Å². The summed E-state index contributed by atoms with van der Waals surface area (Å²) >= 11 is 0. The number of aliphatic hydroxyl groups is 1. The van der Waals surface area contributed by atoms with E-state index in [1.165, 1.54) is 5.56 Å². The maximum atomic E-state index is 11.7. The van der Waals surface area contributed by atoms with Crippen LogP contribution in [0.5, 0.6) is 0 Å². The molecule has 0 heterocycles. The third-order valence-electron chi connectivity index (χ3n) is 3.45. The molecule has 0 aliphatic heterocycles. The topological polar surface area (TPSA) is 54.4 Å². The van der Waals surface area contributed by atoms with E-state index in [4.69, 9.17) is 0 Å². The maximum Gasteiger partial charge on any atom is 0.155 e. The Labute approximate surface area is 110 Å². The van der Waals surface area contributed by atoms with Crippen molar-refractivity contribution < 1.29 is 13.5 Å². The molecule has 1 N–H and O–H groups in total. The fourth-order valence-corrected chi connectivity index (χ4v) is 2.30. The van der Waals surface area contributed by atoms with E-state index in [2.05, 4.69) is 6.92 Å². The minimum Gasteiger partial charge on any atom is -0.387 e. The number of aryl methyl sites for hydroxylation is 1. The zero-order chi connectivity index (χ0) is 14.0. The van der Waals surface area contributed by atoms with Crippen LogP contribution < -0.4 is 0 Å². The van der Waals surface area contributed by atoms with E-state index in [9.17, 15) is 13.5 Å². The van der Waals surface area contributed by atoms with Crippen LogP contribution in [0.3, 0.4) is 0 Å². The zero-order valence-electron chi connectivity index (χ0n) is 11.5. The maximum absolute atomic E-state index is 11.7. The fourth-order valence-electron chi connectivity index (χ4n) is 1.76. The smallest absolute Gasteiger partial charge is 0.155 e. The van der Waals surface area contributed by atoms with Crippen LogP contribution in [0.25, 0.3) is 0 Å². The van der Waals surface area contributed by atoms with Gasteiger partial charge in [-0.1, -0.05) is 37.6 Å². The summed E-state index contributed by atoms with van der Waals surface area (Å²) in [5.41, 5.74) is 1.84. The number of rotatable bonds is 5. The first kappa shape index (κ1) is 15.2. The lowest BCUT2D eigenvalue weighted by Crippen LogP contribution is -2.37. The molecule has 0 aliphatic carbocycles. The van der Waals surface area contributed by atoms with Crippen LogP contribution >= 0.6 is 0 Å². The summed E-state index contributed by atoms with van der Waals surface area (Å²) in [6.07, 6.45) is 2.20. The third kappa shape index (κ3) is 3.12. The monoisotopic (exact) mass is 270 g/mol. The van der Waals surface area contributed by atoms with Crippen molar-refractivity contribution in [2.24, 2.45) is 0 Å². The van der Waals surface area contributed by atoms with Crippen molar-refractivity contribution in [3.8, 4) is 0 Å². The van der Waals surface area contributed by atoms with Crippen molar-refractivity contribution in [1.82, 2.24) is 0 Å². The molecular formula is C14H22O3S. The number of benzene rings is 1. The normalized spacial score (nSPS) is 14.5. The number of sulfone groups is 1. The third-order valence-corrected chi connectivity index (χ3v) is 5.58. The van der Waals surface area contributed by atoms with Gasteiger partial charge in [0.05, 0.1) is 10.9 Å². The second kappa shape index (κ2) is 5.41. The Morgan fingerprint density at radius 3 is 2.11 bits per heavy atom. The highest BCUT2D eigenvalue weighted by atomic mass is 32.2. The van der Waals surface area contributed by atoms with E-state index < -0.39 is 20.7 Å². The van der Waals surface area contributed by atoms with E-state index in [1.54, 1.807) is 13.8 Å². The van der Waals surface area contributed by atoms with Gasteiger partial charge in [-0.3, -0.25) is 0 Å². The van der Waals surface area contributed by atoms with Crippen LogP contribution in [-0.4, -0.2) is 24.5 Å². The summed E-state index contributed by atoms with van der Waals surface area (Å²) in [7, 11) is -3.32. The zero-order valence-corrected chi connectivity index (χ0v) is 12.3. The van der Waals surface area contributed by atoms with E-state index in [1.807, 2.05) is 24.3 Å². The number of hydrogen-bond acceptors (Lipinski definition) is 3. The first-order valence-corrected chi connectivity index (χ1v) is 8.05. The number of aliphatic hydroxyl groups excluding tert-OH is 1. The number of hydrogen-bond donors (Lipinski definition) is 1. The molecule has 0 aromatic heterocycles. The quantitative estimate of drug-likeness (QED) is 0.894. The molecule has 3 nitrogen and oxygen atoms in total. The first-order chi connectivity index (χ1) is 8.20. The van der Waals surface area contributed by atoms with Crippen LogP contribution in [0.4, 0.5) is 0 Å². The van der Waals surface area contributed by atoms with Gasteiger partial charge in [-0.05, 0) is 31.4 Å². The molecule has 1 aromatic rings. The molecule has 18 heavy (non-hydrogen) atoms. The van der Waals surface area contributed by atoms with Gasteiger partial charge in [0, 0.05) is 6.26 Å². The molecule has 0 amide bonds. The lowest BCUT2D eigenvalue weighted by atomic mass is 9.96. The molecule has 0 saturated carbocycles. The van der Waals surface area contributed by atoms with Crippen molar-refractivity contribution in [3.05, 3.63) is 35.4 Å². The van der Waals surface area contributed by atoms with Gasteiger partial charge in [-0.15, -0.1) is 0 Å². The molecule has 1 aromatic carbocycles. The molecule has 4 heteroatoms. The minimum absolute atomic E-state index is 0.644. The van der Waals surface area contributed by atoms with Crippen LogP contribution in [0.15, 0.2) is 24.3 Å². The summed E-state index contributed by atoms with van der Waals surface area (Å²) in [5, 5.41) is 10.2. The summed E-state index contributed by atoms with van der Waals surface area (Å²) in [6.45, 7) is 5.20. The van der Waals surface area contributed by atoms with E-state index in [0.29, 0.717) is 5.56 Å². The van der Waals surface area contributed by atoms with E-state index in [0.717, 1.165) is 19.1 Å². The SMILES string of the molecule is CCCc1ccc(C(O)C(C)(C)S(C)(=O)=O)cc1. The van der Waals surface area contributed by atoms with Gasteiger partial charge in [0.2, 0.25) is 0 Å². The molecule has 0 bridgehead atoms. The van der Waals surface area contributed by atoms with Gasteiger partial charge in [0.1, 0.15) is 0 Å². The molecular weight excluding hydrogens is 248 g/mol. The predicted octanol–water partition coefficient (Wildman–Crippen LogP) is 2.50. The highest BCUT2D eigenvalue weighted by molar-refractivity contribution is 7.92. The highest BCUT2D eigenvalue weighted by Gasteiger charge is 2.38. The van der Waals surface area contributed by atoms with Crippen molar-refractivity contribution in [1.29, 1.82) is 0 Å². The Balaban J connectivity index is 3.01. The molecule has 1 rings (SSSR count). The molecule has 1 atom stereocenters. The van der Waals surface area contributed by atoms with Gasteiger partial charge in [0.15, 0.2) is 9.84 Å². The van der Waals surface area contributed by atoms with Gasteiger partial charge in [-0.2, -0.15) is 0 Å². The second-order valence-electron chi connectivity index (χ2n) is 5.27. The minimum atomic E-state index is -3.32. The van der Waals surface area contributed by atoms with Crippen LogP contribution in [0.2, 0.25) is 0 Å². The average molecular weight is 270 g/mol. The van der Waals surface area contributed by atoms with Gasteiger partial charge < -0.3 is 5.11 Å². The van der Waals surface area contributed by atoms with E-state index in [-0.39, 0.29) is 0 Å². The Bertz CT molecular complexity index is 486. The van der Waals surface area contributed by atoms with Gasteiger partial charge in [-0.25, -0.2) is 8.42 Å². The van der Waals surface area contributed by atoms with Crippen LogP contribution in [-0.2, 0) is 16.3 Å². The molecule has 0 aliphatic rings. The first-order valence-electron chi connectivity index (χ1n) is 6.16. The molecule has 0 radical (unpaired) electrons. The largest absolute Gasteiger partial charge is 0.387 e. The van der Waals surface area contributed by atoms with Gasteiger partial charge >= 0.3 is 0 Å². The molecule has 0 saturated heterocycles. The average Bonchev–Trinajstić information content (AvgIpc) is 2.28. The highest BCUT2D eigenvalue weighted by Crippen LogP contribution is 2.32. The Morgan fingerprint density at radius 1 is 1.22 bits per heavy atom. The standard InChI is InChI=1S/C14H22O3S/c1-5-6-11-7-9-12(10-8-11)13(15)14(2,3)18(4,16)17/h7-10,13,15H,5-6H2,1-4H3. The van der Waals surface area contributed by atoms with Crippen molar-refractivity contribution >= 4 is 9.84 Å². The Hall–Kier alpha value is -0.870. The molecule has 102 valence electrons. The summed E-state index contributed by atoms with van der Waals surface area (Å²) in [4.78, 5) is 0. The van der Waals surface area contributed by atoms with Crippen LogP contribution in [0.1, 0.15) is 44.4 Å². The second-order valence-corrected chi connectivity index (χ2v) is 7.87. The molecule has 1 unspecified atom stereocenters. The van der Waals surface area contributed by atoms with Crippen molar-refractivity contribution in [3.63, 3.8) is 0 Å². The summed E-state index contributed by atoms with van der Waals surface area (Å²) in [5.74, 6) is 0. The molecule has 0 spiro atoms. The lowest BCUT2D eigenvalue weighted by molar-refractivity contribution is 0.139. The summed E-state index contributed by atoms with van der Waals surface area (Å²) < 4.78 is 22.2. The fraction of sp³-hybridized carbons (Fsp3) is 0.571. The van der Waals surface area contributed by atoms with Crippen molar-refractivity contribution in [2.75, 3.05) is 6.26 Å². The van der Waals surface area contributed by atoms with E-state index >= 15 is 0 Å². The summed E-state index contributed by atoms with van der Waals surface area (Å²) in [6, 6.07) is 7.51. The lowest BCUT2D eigenvalue weighted by Gasteiger charge is -2.29. The Kier molecular flexibility index (Phi) is 4.56. The van der Waals surface area contributed by atoms with Crippen molar-refractivity contribution in [2.45, 2.75) is 44.5 Å². The predicted molar refractivity (Wildman–Crippen MR) is 74.3 cm³/mol. The molecule has 0 fully saturated rings.